The molecule has 1 aromatic heterocycles. The molecule has 0 saturated heterocycles. The predicted molar refractivity (Wildman–Crippen MR) is 167 cm³/mol. The van der Waals surface area contributed by atoms with Crippen molar-refractivity contribution >= 4 is 27.6 Å². The molecule has 44 heavy (non-hydrogen) atoms. The van der Waals surface area contributed by atoms with Crippen LogP contribution in [0.1, 0.15) is 49.5 Å². The zero-order valence-corrected chi connectivity index (χ0v) is 26.7. The second kappa shape index (κ2) is 19.1. The van der Waals surface area contributed by atoms with Gasteiger partial charge in [-0.05, 0) is 36.5 Å². The largest absolute Gasteiger partial charge is 0.388 e. The van der Waals surface area contributed by atoms with Gasteiger partial charge in [-0.15, -0.1) is 0 Å². The summed E-state index contributed by atoms with van der Waals surface area (Å²) in [6.45, 7) is 6.19. The lowest BCUT2D eigenvalue weighted by molar-refractivity contribution is -0.145. The lowest BCUT2D eigenvalue weighted by Crippen LogP contribution is -2.59. The summed E-state index contributed by atoms with van der Waals surface area (Å²) in [5.74, 6) is -2.76. The topological polar surface area (TPSA) is 173 Å². The van der Waals surface area contributed by atoms with Crippen LogP contribution in [-0.2, 0) is 35.3 Å². The first-order chi connectivity index (χ1) is 21.0. The van der Waals surface area contributed by atoms with E-state index in [1.54, 1.807) is 30.3 Å². The number of nitrogens with one attached hydrogen (secondary N) is 3. The number of hydrogen-bond acceptors (Lipinski definition) is 9. The molecule has 0 aliphatic rings. The Morgan fingerprint density at radius 3 is 2.34 bits per heavy atom. The molecule has 0 bridgehead atoms. The van der Waals surface area contributed by atoms with Gasteiger partial charge in [0.05, 0.1) is 36.3 Å². The molecule has 13 heteroatoms. The highest BCUT2D eigenvalue weighted by molar-refractivity contribution is 7.91. The van der Waals surface area contributed by atoms with Crippen LogP contribution in [-0.4, -0.2) is 98.9 Å². The molecule has 0 aliphatic heterocycles. The number of ether oxygens (including phenoxy) is 2. The number of unbranched alkanes of at least 4 members (excludes halogenated alkanes) is 1. The van der Waals surface area contributed by atoms with Crippen molar-refractivity contribution < 1.29 is 37.4 Å². The minimum atomic E-state index is -3.75. The van der Waals surface area contributed by atoms with Crippen molar-refractivity contribution in [2.45, 2.75) is 64.3 Å². The minimum absolute atomic E-state index is 0.00120. The molecule has 1 aromatic carbocycles. The van der Waals surface area contributed by atoms with E-state index in [0.29, 0.717) is 19.4 Å². The first kappa shape index (κ1) is 36.8. The number of carbonyl (C=O) groups excluding carboxylic acids is 3. The van der Waals surface area contributed by atoms with Gasteiger partial charge in [-0.3, -0.25) is 19.4 Å². The molecule has 0 fully saturated rings. The van der Waals surface area contributed by atoms with Crippen LogP contribution in [0.15, 0.2) is 54.9 Å². The fourth-order valence-electron chi connectivity index (χ4n) is 4.24. The first-order valence-corrected chi connectivity index (χ1v) is 16.6. The summed E-state index contributed by atoms with van der Waals surface area (Å²) in [7, 11) is -2.27. The van der Waals surface area contributed by atoms with Crippen LogP contribution in [0.3, 0.4) is 0 Å². The van der Waals surface area contributed by atoms with Gasteiger partial charge in [-0.25, -0.2) is 8.42 Å². The van der Waals surface area contributed by atoms with Gasteiger partial charge in [0.25, 0.3) is 11.8 Å². The van der Waals surface area contributed by atoms with E-state index >= 15 is 0 Å². The van der Waals surface area contributed by atoms with Crippen LogP contribution in [0.2, 0.25) is 0 Å². The van der Waals surface area contributed by atoms with Crippen molar-refractivity contribution in [3.63, 3.8) is 0 Å². The van der Waals surface area contributed by atoms with Gasteiger partial charge in [0.1, 0.15) is 12.1 Å². The maximum absolute atomic E-state index is 13.8. The number of sulfone groups is 1. The van der Waals surface area contributed by atoms with E-state index in [2.05, 4.69) is 20.9 Å². The lowest BCUT2D eigenvalue weighted by atomic mass is 9.96. The molecule has 2 rings (SSSR count). The van der Waals surface area contributed by atoms with Crippen LogP contribution in [0, 0.1) is 5.92 Å². The maximum Gasteiger partial charge on any atom is 0.253 e. The lowest BCUT2D eigenvalue weighted by Gasteiger charge is -2.31. The van der Waals surface area contributed by atoms with Crippen molar-refractivity contribution in [1.82, 2.24) is 20.9 Å². The first-order valence-electron chi connectivity index (χ1n) is 14.8. The molecule has 12 nitrogen and oxygen atoms in total. The molecule has 4 unspecified atom stereocenters. The van der Waals surface area contributed by atoms with Crippen molar-refractivity contribution in [2.24, 2.45) is 5.92 Å². The minimum Gasteiger partial charge on any atom is -0.388 e. The summed E-state index contributed by atoms with van der Waals surface area (Å²) in [6.07, 6.45) is 0.968. The summed E-state index contributed by atoms with van der Waals surface area (Å²) >= 11 is 0. The summed E-state index contributed by atoms with van der Waals surface area (Å²) in [5, 5.41) is 19.5. The van der Waals surface area contributed by atoms with E-state index in [1.165, 1.54) is 25.6 Å². The van der Waals surface area contributed by atoms with E-state index in [4.69, 9.17) is 9.47 Å². The number of aromatic nitrogens is 1. The maximum atomic E-state index is 13.8. The summed E-state index contributed by atoms with van der Waals surface area (Å²) in [4.78, 5) is 43.8. The summed E-state index contributed by atoms with van der Waals surface area (Å²) in [6, 6.07) is 9.43. The summed E-state index contributed by atoms with van der Waals surface area (Å²) in [5.41, 5.74) is 0.882. The van der Waals surface area contributed by atoms with Crippen molar-refractivity contribution in [3.8, 4) is 0 Å². The number of hydrogen-bond donors (Lipinski definition) is 4. The monoisotopic (exact) mass is 634 g/mol. The Morgan fingerprint density at radius 2 is 1.73 bits per heavy atom. The predicted octanol–water partition coefficient (Wildman–Crippen LogP) is 1.29. The van der Waals surface area contributed by atoms with Gasteiger partial charge >= 0.3 is 0 Å². The molecule has 1 heterocycles. The van der Waals surface area contributed by atoms with Crippen LogP contribution in [0.25, 0.3) is 0 Å². The second-order valence-corrected chi connectivity index (χ2v) is 13.2. The number of amides is 3. The molecule has 244 valence electrons. The third-order valence-corrected chi connectivity index (χ3v) is 8.40. The van der Waals surface area contributed by atoms with Crippen molar-refractivity contribution in [2.75, 3.05) is 38.4 Å². The van der Waals surface area contributed by atoms with Crippen molar-refractivity contribution in [3.05, 3.63) is 66.0 Å². The Balaban J connectivity index is 2.41. The zero-order valence-electron chi connectivity index (χ0n) is 25.9. The highest BCUT2D eigenvalue weighted by Gasteiger charge is 2.37. The van der Waals surface area contributed by atoms with Gasteiger partial charge in [0.15, 0.2) is 15.9 Å². The molecule has 2 aromatic rings. The number of aliphatic hydroxyl groups excluding tert-OH is 1. The molecule has 4 N–H and O–H groups in total. The van der Waals surface area contributed by atoms with Crippen LogP contribution >= 0.6 is 0 Å². The highest BCUT2D eigenvalue weighted by Crippen LogP contribution is 2.14. The van der Waals surface area contributed by atoms with E-state index < -0.39 is 57.6 Å². The Bertz CT molecular complexity index is 1260. The SMILES string of the molecule is CCCCS(=O)(=O)CC(NC(=O)c1cccnc1)C(=O)NC(Cc1ccccc1)C(O)C(OCCOC)C(=O)NCC(C)C. The van der Waals surface area contributed by atoms with Crippen LogP contribution in [0.4, 0.5) is 0 Å². The normalized spacial score (nSPS) is 14.3. The molecule has 0 radical (unpaired) electrons. The third-order valence-electron chi connectivity index (χ3n) is 6.65. The standard InChI is InChI=1S/C31H46N4O8S/c1-5-6-17-44(40,41)21-26(35-29(37)24-13-10-14-32-20-24)30(38)34-25(18-23-11-8-7-9-12-23)27(36)28(43-16-15-42-4)31(39)33-19-22(2)3/h7-14,20,22,25-28,36H,5-6,15-19,21H2,1-4H3,(H,33,39)(H,34,38)(H,35,37). The number of nitrogens with zero attached hydrogens (tertiary/aromatic N) is 1. The Kier molecular flexibility index (Phi) is 16.0. The van der Waals surface area contributed by atoms with Crippen LogP contribution in [0.5, 0.6) is 0 Å². The van der Waals surface area contributed by atoms with Gasteiger partial charge < -0.3 is 30.5 Å². The van der Waals surface area contributed by atoms with Gasteiger partial charge in [-0.1, -0.05) is 57.5 Å². The number of methoxy groups -OCH3 is 1. The van der Waals surface area contributed by atoms with Crippen LogP contribution < -0.4 is 16.0 Å². The van der Waals surface area contributed by atoms with E-state index in [9.17, 15) is 27.9 Å². The van der Waals surface area contributed by atoms with Gasteiger partial charge in [0, 0.05) is 26.0 Å². The molecular formula is C31H46N4O8S. The number of carbonyl (C=O) groups is 3. The Labute approximate surface area is 260 Å². The molecular weight excluding hydrogens is 588 g/mol. The van der Waals surface area contributed by atoms with E-state index in [-0.39, 0.29) is 36.9 Å². The second-order valence-electron chi connectivity index (χ2n) is 11.0. The number of aliphatic hydroxyl groups is 1. The molecule has 3 amide bonds. The fourth-order valence-corrected chi connectivity index (χ4v) is 5.87. The summed E-state index contributed by atoms with van der Waals surface area (Å²) < 4.78 is 36.6. The average Bonchev–Trinajstić information content (AvgIpc) is 3.00. The molecule has 4 atom stereocenters. The molecule has 0 spiro atoms. The van der Waals surface area contributed by atoms with E-state index in [0.717, 1.165) is 5.56 Å². The van der Waals surface area contributed by atoms with Gasteiger partial charge in [-0.2, -0.15) is 0 Å². The quantitative estimate of drug-likeness (QED) is 0.157. The van der Waals surface area contributed by atoms with Gasteiger partial charge in [0.2, 0.25) is 5.91 Å². The number of pyridine rings is 1. The molecule has 0 saturated carbocycles. The molecule has 0 aliphatic carbocycles. The number of rotatable bonds is 20. The third kappa shape index (κ3) is 13.1. The Hall–Kier alpha value is -3.39. The van der Waals surface area contributed by atoms with Crippen molar-refractivity contribution in [1.29, 1.82) is 0 Å². The number of benzene rings is 1. The smallest absolute Gasteiger partial charge is 0.253 e. The average molecular weight is 635 g/mol. The Morgan fingerprint density at radius 1 is 1.00 bits per heavy atom. The fraction of sp³-hybridized carbons (Fsp3) is 0.548. The zero-order chi connectivity index (χ0) is 32.5. The van der Waals surface area contributed by atoms with E-state index in [1.807, 2.05) is 26.8 Å². The highest BCUT2D eigenvalue weighted by atomic mass is 32.2.